The SMILES string of the molecule is O=C(OCc1nnc(-c2ccccc2Br)o1)C1CCC1. The lowest BCUT2D eigenvalue weighted by Crippen LogP contribution is -2.23. The van der Waals surface area contributed by atoms with E-state index in [2.05, 4.69) is 26.1 Å². The third kappa shape index (κ3) is 2.75. The molecule has 104 valence electrons. The van der Waals surface area contributed by atoms with E-state index in [0.717, 1.165) is 29.3 Å². The van der Waals surface area contributed by atoms with Gasteiger partial charge in [0.1, 0.15) is 0 Å². The topological polar surface area (TPSA) is 65.2 Å². The molecule has 0 bridgehead atoms. The molecule has 1 aliphatic rings. The van der Waals surface area contributed by atoms with Gasteiger partial charge in [0.05, 0.1) is 11.5 Å². The first-order valence-electron chi connectivity index (χ1n) is 6.48. The Morgan fingerprint density at radius 3 is 2.85 bits per heavy atom. The molecule has 1 aromatic heterocycles. The van der Waals surface area contributed by atoms with Crippen molar-refractivity contribution >= 4 is 21.9 Å². The Labute approximate surface area is 124 Å². The van der Waals surface area contributed by atoms with Crippen LogP contribution in [0.3, 0.4) is 0 Å². The van der Waals surface area contributed by atoms with E-state index in [1.807, 2.05) is 24.3 Å². The van der Waals surface area contributed by atoms with Gasteiger partial charge in [0, 0.05) is 4.47 Å². The second kappa shape index (κ2) is 5.75. The second-order valence-electron chi connectivity index (χ2n) is 4.72. The molecule has 0 atom stereocenters. The fourth-order valence-electron chi connectivity index (χ4n) is 1.95. The molecule has 1 fully saturated rings. The van der Waals surface area contributed by atoms with E-state index in [1.54, 1.807) is 0 Å². The van der Waals surface area contributed by atoms with Gasteiger partial charge in [0.25, 0.3) is 5.89 Å². The number of hydrogen-bond donors (Lipinski definition) is 0. The average Bonchev–Trinajstić information content (AvgIpc) is 2.83. The Balaban J connectivity index is 1.65. The lowest BCUT2D eigenvalue weighted by atomic mass is 9.86. The van der Waals surface area contributed by atoms with Gasteiger partial charge in [-0.3, -0.25) is 4.79 Å². The molecule has 0 radical (unpaired) electrons. The van der Waals surface area contributed by atoms with Crippen molar-refractivity contribution in [3.05, 3.63) is 34.6 Å². The number of carbonyl (C=O) groups is 1. The minimum atomic E-state index is -0.170. The molecule has 0 unspecified atom stereocenters. The third-order valence-electron chi connectivity index (χ3n) is 3.35. The van der Waals surface area contributed by atoms with Gasteiger partial charge in [-0.15, -0.1) is 10.2 Å². The van der Waals surface area contributed by atoms with E-state index in [-0.39, 0.29) is 18.5 Å². The van der Waals surface area contributed by atoms with Gasteiger partial charge in [0.15, 0.2) is 6.61 Å². The standard InChI is InChI=1S/C14H13BrN2O3/c15-11-7-2-1-6-10(11)13-17-16-12(20-13)8-19-14(18)9-4-3-5-9/h1-2,6-7,9H,3-5,8H2. The van der Waals surface area contributed by atoms with Crippen LogP contribution in [0.15, 0.2) is 33.2 Å². The van der Waals surface area contributed by atoms with E-state index >= 15 is 0 Å². The van der Waals surface area contributed by atoms with E-state index in [1.165, 1.54) is 0 Å². The highest BCUT2D eigenvalue weighted by molar-refractivity contribution is 9.10. The number of carbonyl (C=O) groups excluding carboxylic acids is 1. The van der Waals surface area contributed by atoms with Gasteiger partial charge >= 0.3 is 5.97 Å². The molecule has 5 nitrogen and oxygen atoms in total. The van der Waals surface area contributed by atoms with E-state index in [4.69, 9.17) is 9.15 Å². The summed E-state index contributed by atoms with van der Waals surface area (Å²) in [5.74, 6) is 0.605. The minimum absolute atomic E-state index is 0.0345. The second-order valence-corrected chi connectivity index (χ2v) is 5.57. The van der Waals surface area contributed by atoms with Crippen LogP contribution in [0.4, 0.5) is 0 Å². The maximum absolute atomic E-state index is 11.6. The predicted octanol–water partition coefficient (Wildman–Crippen LogP) is 3.34. The van der Waals surface area contributed by atoms with Gasteiger partial charge in [-0.2, -0.15) is 0 Å². The van der Waals surface area contributed by atoms with Crippen LogP contribution in [-0.2, 0) is 16.1 Å². The number of ether oxygens (including phenoxy) is 1. The normalized spacial score (nSPS) is 14.8. The number of aromatic nitrogens is 2. The molecular weight excluding hydrogens is 324 g/mol. The average molecular weight is 337 g/mol. The lowest BCUT2D eigenvalue weighted by molar-refractivity contribution is -0.153. The number of hydrogen-bond acceptors (Lipinski definition) is 5. The quantitative estimate of drug-likeness (QED) is 0.801. The van der Waals surface area contributed by atoms with Gasteiger partial charge in [0.2, 0.25) is 5.89 Å². The molecule has 0 amide bonds. The van der Waals surface area contributed by atoms with Crippen molar-refractivity contribution in [2.24, 2.45) is 5.92 Å². The summed E-state index contributed by atoms with van der Waals surface area (Å²) in [6.07, 6.45) is 2.95. The van der Waals surface area contributed by atoms with Crippen molar-refractivity contribution in [3.8, 4) is 11.5 Å². The molecule has 0 aliphatic heterocycles. The third-order valence-corrected chi connectivity index (χ3v) is 4.04. The maximum Gasteiger partial charge on any atom is 0.309 e. The summed E-state index contributed by atoms with van der Waals surface area (Å²) >= 11 is 3.43. The molecular formula is C14H13BrN2O3. The number of rotatable bonds is 4. The summed E-state index contributed by atoms with van der Waals surface area (Å²) in [5.41, 5.74) is 0.816. The molecule has 3 rings (SSSR count). The van der Waals surface area contributed by atoms with Crippen LogP contribution in [0.25, 0.3) is 11.5 Å². The van der Waals surface area contributed by atoms with Gasteiger partial charge < -0.3 is 9.15 Å². The highest BCUT2D eigenvalue weighted by Crippen LogP contribution is 2.28. The number of nitrogens with zero attached hydrogens (tertiary/aromatic N) is 2. The van der Waals surface area contributed by atoms with Crippen molar-refractivity contribution in [2.45, 2.75) is 25.9 Å². The smallest absolute Gasteiger partial charge is 0.309 e. The van der Waals surface area contributed by atoms with Crippen molar-refractivity contribution in [2.75, 3.05) is 0 Å². The first-order chi connectivity index (χ1) is 9.74. The molecule has 1 heterocycles. The molecule has 0 saturated heterocycles. The molecule has 0 spiro atoms. The van der Waals surface area contributed by atoms with Crippen LogP contribution in [0.1, 0.15) is 25.2 Å². The summed E-state index contributed by atoms with van der Waals surface area (Å²) in [5, 5.41) is 7.86. The number of halogens is 1. The van der Waals surface area contributed by atoms with Gasteiger partial charge in [-0.1, -0.05) is 18.6 Å². The Bertz CT molecular complexity index is 622. The number of benzene rings is 1. The highest BCUT2D eigenvalue weighted by atomic mass is 79.9. The molecule has 6 heteroatoms. The van der Waals surface area contributed by atoms with Crippen molar-refractivity contribution < 1.29 is 13.9 Å². The van der Waals surface area contributed by atoms with Crippen LogP contribution in [0.2, 0.25) is 0 Å². The molecule has 20 heavy (non-hydrogen) atoms. The zero-order chi connectivity index (χ0) is 13.9. The molecule has 1 saturated carbocycles. The zero-order valence-electron chi connectivity index (χ0n) is 10.7. The largest absolute Gasteiger partial charge is 0.455 e. The van der Waals surface area contributed by atoms with E-state index in [0.29, 0.717) is 11.8 Å². The van der Waals surface area contributed by atoms with Crippen LogP contribution < -0.4 is 0 Å². The molecule has 0 N–H and O–H groups in total. The van der Waals surface area contributed by atoms with Gasteiger partial charge in [-0.05, 0) is 40.9 Å². The first kappa shape index (κ1) is 13.3. The fourth-order valence-corrected chi connectivity index (χ4v) is 2.40. The number of esters is 1. The Hall–Kier alpha value is -1.69. The van der Waals surface area contributed by atoms with Crippen LogP contribution in [-0.4, -0.2) is 16.2 Å². The van der Waals surface area contributed by atoms with Gasteiger partial charge in [-0.25, -0.2) is 0 Å². The molecule has 1 aliphatic carbocycles. The summed E-state index contributed by atoms with van der Waals surface area (Å²) in [7, 11) is 0. The Morgan fingerprint density at radius 1 is 1.35 bits per heavy atom. The Kier molecular flexibility index (Phi) is 3.82. The monoisotopic (exact) mass is 336 g/mol. The summed E-state index contributed by atoms with van der Waals surface area (Å²) < 4.78 is 11.5. The summed E-state index contributed by atoms with van der Waals surface area (Å²) in [6.45, 7) is 0.0345. The molecule has 2 aromatic rings. The minimum Gasteiger partial charge on any atom is -0.455 e. The first-order valence-corrected chi connectivity index (χ1v) is 7.27. The van der Waals surface area contributed by atoms with Crippen LogP contribution in [0.5, 0.6) is 0 Å². The van der Waals surface area contributed by atoms with E-state index < -0.39 is 0 Å². The molecule has 1 aromatic carbocycles. The van der Waals surface area contributed by atoms with Crippen molar-refractivity contribution in [3.63, 3.8) is 0 Å². The van der Waals surface area contributed by atoms with Crippen LogP contribution in [0, 0.1) is 5.92 Å². The highest BCUT2D eigenvalue weighted by Gasteiger charge is 2.27. The maximum atomic E-state index is 11.6. The predicted molar refractivity (Wildman–Crippen MR) is 74.6 cm³/mol. The zero-order valence-corrected chi connectivity index (χ0v) is 12.3. The lowest BCUT2D eigenvalue weighted by Gasteiger charge is -2.22. The van der Waals surface area contributed by atoms with Crippen LogP contribution >= 0.6 is 15.9 Å². The summed E-state index contributed by atoms with van der Waals surface area (Å²) in [4.78, 5) is 11.6. The summed E-state index contributed by atoms with van der Waals surface area (Å²) in [6, 6.07) is 7.57. The van der Waals surface area contributed by atoms with Crippen molar-refractivity contribution in [1.82, 2.24) is 10.2 Å². The van der Waals surface area contributed by atoms with E-state index in [9.17, 15) is 4.79 Å². The fraction of sp³-hybridized carbons (Fsp3) is 0.357. The van der Waals surface area contributed by atoms with Crippen molar-refractivity contribution in [1.29, 1.82) is 0 Å². The Morgan fingerprint density at radius 2 is 2.15 bits per heavy atom.